The number of hydrogen-bond donors (Lipinski definition) is 5. The van der Waals surface area contributed by atoms with Crippen molar-refractivity contribution in [1.82, 2.24) is 0 Å². The van der Waals surface area contributed by atoms with Gasteiger partial charge >= 0.3 is 0 Å². The van der Waals surface area contributed by atoms with Gasteiger partial charge in [0.25, 0.3) is 0 Å². The number of aryl methyl sites for hydroxylation is 1. The summed E-state index contributed by atoms with van der Waals surface area (Å²) >= 11 is 0. The van der Waals surface area contributed by atoms with E-state index in [2.05, 4.69) is 0 Å². The lowest BCUT2D eigenvalue weighted by atomic mass is 9.90. The molecule has 3 aromatic rings. The van der Waals surface area contributed by atoms with Crippen LogP contribution >= 0.6 is 0 Å². The van der Waals surface area contributed by atoms with E-state index in [0.29, 0.717) is 24.0 Å². The van der Waals surface area contributed by atoms with E-state index in [1.165, 1.54) is 19.2 Å². The molecule has 0 bridgehead atoms. The summed E-state index contributed by atoms with van der Waals surface area (Å²) in [5, 5.41) is 52.3. The highest BCUT2D eigenvalue weighted by molar-refractivity contribution is 5.97. The molecule has 0 saturated heterocycles. The molecular formula is C29H36O8. The van der Waals surface area contributed by atoms with Gasteiger partial charge in [-0.05, 0) is 59.8 Å². The number of rotatable bonds is 10. The van der Waals surface area contributed by atoms with E-state index in [-0.39, 0.29) is 70.6 Å². The summed E-state index contributed by atoms with van der Waals surface area (Å²) in [7, 11) is 1.38. The van der Waals surface area contributed by atoms with Crippen LogP contribution in [0.5, 0.6) is 23.0 Å². The third kappa shape index (κ3) is 6.09. The third-order valence-corrected chi connectivity index (χ3v) is 6.60. The Hall–Kier alpha value is -3.49. The summed E-state index contributed by atoms with van der Waals surface area (Å²) in [4.78, 5) is 13.8. The maximum atomic E-state index is 13.8. The summed E-state index contributed by atoms with van der Waals surface area (Å²) in [6, 6.07) is 2.52. The molecule has 8 nitrogen and oxygen atoms in total. The predicted molar refractivity (Wildman–Crippen MR) is 144 cm³/mol. The second kappa shape index (κ2) is 11.3. The first kappa shape index (κ1) is 28.1. The molecule has 3 rings (SSSR count). The van der Waals surface area contributed by atoms with E-state index in [1.807, 2.05) is 19.9 Å². The number of aliphatic hydroxyl groups excluding tert-OH is 1. The van der Waals surface area contributed by atoms with Gasteiger partial charge in [-0.2, -0.15) is 0 Å². The lowest BCUT2D eigenvalue weighted by molar-refractivity contribution is 0.0432. The fourth-order valence-corrected chi connectivity index (χ4v) is 4.42. The van der Waals surface area contributed by atoms with Crippen LogP contribution in [0.3, 0.4) is 0 Å². The third-order valence-electron chi connectivity index (χ3n) is 6.60. The Kier molecular flexibility index (Phi) is 8.56. The molecule has 8 heteroatoms. The van der Waals surface area contributed by atoms with Gasteiger partial charge in [-0.1, -0.05) is 23.3 Å². The van der Waals surface area contributed by atoms with Crippen LogP contribution < -0.4 is 10.2 Å². The second-order valence-electron chi connectivity index (χ2n) is 10.0. The largest absolute Gasteiger partial charge is 0.507 e. The van der Waals surface area contributed by atoms with Crippen LogP contribution in [-0.2, 0) is 12.8 Å². The molecule has 5 N–H and O–H groups in total. The number of benzene rings is 2. The van der Waals surface area contributed by atoms with Crippen molar-refractivity contribution in [2.45, 2.75) is 65.4 Å². The van der Waals surface area contributed by atoms with Gasteiger partial charge in [0.05, 0.1) is 24.7 Å². The van der Waals surface area contributed by atoms with Crippen molar-refractivity contribution < 1.29 is 34.7 Å². The average molecular weight is 513 g/mol. The average Bonchev–Trinajstić information content (AvgIpc) is 2.81. The lowest BCUT2D eigenvalue weighted by Gasteiger charge is -2.24. The van der Waals surface area contributed by atoms with Crippen molar-refractivity contribution >= 4 is 21.9 Å². The molecule has 200 valence electrons. The highest BCUT2D eigenvalue weighted by Crippen LogP contribution is 2.41. The van der Waals surface area contributed by atoms with Crippen molar-refractivity contribution in [3.05, 3.63) is 56.8 Å². The van der Waals surface area contributed by atoms with Crippen LogP contribution in [0.1, 0.15) is 58.1 Å². The molecule has 0 aliphatic carbocycles. The Morgan fingerprint density at radius 2 is 1.65 bits per heavy atom. The molecular weight excluding hydrogens is 476 g/mol. The minimum Gasteiger partial charge on any atom is -0.507 e. The molecule has 0 saturated carbocycles. The molecule has 0 spiro atoms. The number of allylic oxidation sites excluding steroid dienone is 3. The quantitative estimate of drug-likeness (QED) is 0.189. The molecule has 1 heterocycles. The molecule has 0 fully saturated rings. The maximum Gasteiger partial charge on any atom is 0.204 e. The maximum absolute atomic E-state index is 13.8. The van der Waals surface area contributed by atoms with Gasteiger partial charge in [-0.25, -0.2) is 0 Å². The first-order valence-corrected chi connectivity index (χ1v) is 12.3. The number of phenols is 3. The summed E-state index contributed by atoms with van der Waals surface area (Å²) in [5.41, 5.74) is 0.735. The topological polar surface area (TPSA) is 141 Å². The molecule has 0 radical (unpaired) electrons. The summed E-state index contributed by atoms with van der Waals surface area (Å²) in [5.74, 6) is -0.815. The monoisotopic (exact) mass is 512 g/mol. The first-order chi connectivity index (χ1) is 17.4. The number of phenolic OH excluding ortho intramolecular Hbond substituents is 3. The molecule has 0 amide bonds. The van der Waals surface area contributed by atoms with Crippen molar-refractivity contribution in [3.63, 3.8) is 0 Å². The van der Waals surface area contributed by atoms with Crippen molar-refractivity contribution in [1.29, 1.82) is 0 Å². The SMILES string of the molecule is COc1c(O)cc2oc3cc(O)c(C/C=C(/C)CO)c(O)c3c(=O)c2c1CCC(C)(O)CCC=C(C)C. The first-order valence-electron chi connectivity index (χ1n) is 12.3. The number of aliphatic hydroxyl groups is 2. The number of aromatic hydroxyl groups is 3. The minimum absolute atomic E-state index is 0.0386. The van der Waals surface area contributed by atoms with E-state index in [4.69, 9.17) is 9.15 Å². The van der Waals surface area contributed by atoms with Crippen molar-refractivity contribution in [2.24, 2.45) is 0 Å². The van der Waals surface area contributed by atoms with Gasteiger partial charge in [0.1, 0.15) is 28.1 Å². The van der Waals surface area contributed by atoms with Crippen molar-refractivity contribution in [2.75, 3.05) is 13.7 Å². The van der Waals surface area contributed by atoms with E-state index < -0.39 is 16.8 Å². The van der Waals surface area contributed by atoms with E-state index >= 15 is 0 Å². The zero-order valence-corrected chi connectivity index (χ0v) is 22.0. The zero-order valence-electron chi connectivity index (χ0n) is 22.0. The summed E-state index contributed by atoms with van der Waals surface area (Å²) < 4.78 is 11.3. The highest BCUT2D eigenvalue weighted by atomic mass is 16.5. The van der Waals surface area contributed by atoms with Crippen LogP contribution in [0, 0.1) is 0 Å². The Morgan fingerprint density at radius 3 is 2.27 bits per heavy atom. The van der Waals surface area contributed by atoms with E-state index in [9.17, 15) is 30.3 Å². The highest BCUT2D eigenvalue weighted by Gasteiger charge is 2.26. The van der Waals surface area contributed by atoms with Gasteiger partial charge in [0.15, 0.2) is 11.5 Å². The minimum atomic E-state index is -1.04. The standard InChI is InChI=1S/C29H36O8/c1-16(2)7-6-11-29(4,35)12-10-19-24-22(14-21(32)28(19)36-5)37-23-13-20(31)18(9-8-17(3)15-30)26(33)25(23)27(24)34/h7-8,13-14,30-33,35H,6,9-12,15H2,1-5H3/b17-8-. The Bertz CT molecular complexity index is 1420. The predicted octanol–water partition coefficient (Wildman–Crippen LogP) is 4.98. The van der Waals surface area contributed by atoms with E-state index in [1.54, 1.807) is 19.9 Å². The van der Waals surface area contributed by atoms with Crippen LogP contribution in [0.25, 0.3) is 21.9 Å². The molecule has 1 unspecified atom stereocenters. The molecule has 1 atom stereocenters. The normalized spacial score (nSPS) is 13.6. The van der Waals surface area contributed by atoms with E-state index in [0.717, 1.165) is 5.57 Å². The Morgan fingerprint density at radius 1 is 1.00 bits per heavy atom. The smallest absolute Gasteiger partial charge is 0.204 e. The molecule has 0 aliphatic rings. The summed E-state index contributed by atoms with van der Waals surface area (Å²) in [6.07, 6.45) is 5.49. The van der Waals surface area contributed by atoms with Crippen LogP contribution in [0.4, 0.5) is 0 Å². The lowest BCUT2D eigenvalue weighted by Crippen LogP contribution is -2.25. The number of methoxy groups -OCH3 is 1. The Labute approximate surface area is 215 Å². The molecule has 2 aromatic carbocycles. The number of ether oxygens (including phenoxy) is 1. The number of fused-ring (bicyclic) bond motifs is 2. The van der Waals surface area contributed by atoms with Gasteiger partial charge in [-0.15, -0.1) is 0 Å². The Balaban J connectivity index is 2.19. The van der Waals surface area contributed by atoms with Crippen LogP contribution in [-0.4, -0.2) is 44.9 Å². The van der Waals surface area contributed by atoms with Crippen LogP contribution in [0.15, 0.2) is 44.6 Å². The second-order valence-corrected chi connectivity index (χ2v) is 10.0. The van der Waals surface area contributed by atoms with Crippen molar-refractivity contribution in [3.8, 4) is 23.0 Å². The van der Waals surface area contributed by atoms with Gasteiger partial charge in [-0.3, -0.25) is 4.79 Å². The fourth-order valence-electron chi connectivity index (χ4n) is 4.42. The summed E-state index contributed by atoms with van der Waals surface area (Å²) in [6.45, 7) is 7.24. The zero-order chi connectivity index (χ0) is 27.5. The van der Waals surface area contributed by atoms with Gasteiger partial charge in [0, 0.05) is 23.3 Å². The number of hydrogen-bond acceptors (Lipinski definition) is 8. The van der Waals surface area contributed by atoms with Gasteiger partial charge < -0.3 is 34.7 Å². The van der Waals surface area contributed by atoms with Crippen LogP contribution in [0.2, 0.25) is 0 Å². The molecule has 1 aromatic heterocycles. The van der Waals surface area contributed by atoms with Gasteiger partial charge in [0.2, 0.25) is 5.43 Å². The molecule has 0 aliphatic heterocycles. The molecule has 37 heavy (non-hydrogen) atoms. The fraction of sp³-hybridized carbons (Fsp3) is 0.414.